The molecule has 1 amide bonds. The van der Waals surface area contributed by atoms with Gasteiger partial charge >= 0.3 is 6.18 Å². The fraction of sp³-hybridized carbons (Fsp3) is 0.286. The Morgan fingerprint density at radius 1 is 1.03 bits per heavy atom. The molecule has 1 aliphatic carbocycles. The molecule has 6 nitrogen and oxygen atoms in total. The van der Waals surface area contributed by atoms with E-state index >= 15 is 0 Å². The summed E-state index contributed by atoms with van der Waals surface area (Å²) in [7, 11) is 0. The standard InChI is InChI=1S/C28H27F4N5O/c1-16-3-4-18(29)12-23(16)35-20-13-24(33-10-9-28(30,31)32)26-25(14-20)37(15-34-26)21-7-8-22(17(2)11-21)27(38)36-19-5-6-19/h3-4,7-8,11-15,19,33,35H,5-6,9-10H2,1-2H3,(H,36,38). The second-order valence-corrected chi connectivity index (χ2v) is 9.63. The highest BCUT2D eigenvalue weighted by molar-refractivity contribution is 5.97. The number of hydrogen-bond donors (Lipinski definition) is 3. The van der Waals surface area contributed by atoms with Crippen LogP contribution < -0.4 is 16.0 Å². The molecule has 1 saturated carbocycles. The number of nitrogens with zero attached hydrogens (tertiary/aromatic N) is 2. The molecule has 3 aromatic carbocycles. The van der Waals surface area contributed by atoms with Crippen molar-refractivity contribution in [2.45, 2.75) is 45.3 Å². The molecule has 198 valence electrons. The Hall–Kier alpha value is -4.08. The Labute approximate surface area is 217 Å². The summed E-state index contributed by atoms with van der Waals surface area (Å²) >= 11 is 0. The third-order valence-corrected chi connectivity index (χ3v) is 6.50. The number of aryl methyl sites for hydroxylation is 2. The highest BCUT2D eigenvalue weighted by atomic mass is 19.4. The van der Waals surface area contributed by atoms with Gasteiger partial charge in [0.15, 0.2) is 0 Å². The van der Waals surface area contributed by atoms with Crippen LogP contribution in [0.2, 0.25) is 0 Å². The van der Waals surface area contributed by atoms with E-state index in [9.17, 15) is 22.4 Å². The van der Waals surface area contributed by atoms with E-state index in [1.165, 1.54) is 12.1 Å². The van der Waals surface area contributed by atoms with E-state index in [2.05, 4.69) is 20.9 Å². The molecule has 0 spiro atoms. The first-order valence-electron chi connectivity index (χ1n) is 12.3. The van der Waals surface area contributed by atoms with Gasteiger partial charge in [0, 0.05) is 35.2 Å². The van der Waals surface area contributed by atoms with Gasteiger partial charge in [-0.2, -0.15) is 13.2 Å². The van der Waals surface area contributed by atoms with Crippen LogP contribution in [-0.2, 0) is 0 Å². The van der Waals surface area contributed by atoms with Crippen LogP contribution in [0.25, 0.3) is 16.7 Å². The molecule has 38 heavy (non-hydrogen) atoms. The SMILES string of the molecule is Cc1ccc(F)cc1Nc1cc(NCCC(F)(F)F)c2ncn(-c3ccc(C(=O)NC4CC4)c(C)c3)c2c1. The van der Waals surface area contributed by atoms with Crippen molar-refractivity contribution in [3.63, 3.8) is 0 Å². The summed E-state index contributed by atoms with van der Waals surface area (Å²) in [5, 5.41) is 9.03. The second-order valence-electron chi connectivity index (χ2n) is 9.63. The maximum atomic E-state index is 13.9. The number of amides is 1. The smallest absolute Gasteiger partial charge is 0.383 e. The number of anilines is 3. The van der Waals surface area contributed by atoms with Crippen LogP contribution in [0.15, 0.2) is 54.9 Å². The fourth-order valence-electron chi connectivity index (χ4n) is 4.30. The lowest BCUT2D eigenvalue weighted by Crippen LogP contribution is -2.26. The van der Waals surface area contributed by atoms with Gasteiger partial charge in [0.25, 0.3) is 5.91 Å². The van der Waals surface area contributed by atoms with E-state index in [1.54, 1.807) is 24.5 Å². The molecule has 10 heteroatoms. The second kappa shape index (κ2) is 10.00. The average Bonchev–Trinajstić information content (AvgIpc) is 3.55. The summed E-state index contributed by atoms with van der Waals surface area (Å²) in [6, 6.07) is 13.5. The van der Waals surface area contributed by atoms with Crippen LogP contribution in [0.4, 0.5) is 34.6 Å². The van der Waals surface area contributed by atoms with Gasteiger partial charge in [-0.25, -0.2) is 9.37 Å². The van der Waals surface area contributed by atoms with Crippen molar-refractivity contribution in [2.75, 3.05) is 17.2 Å². The predicted molar refractivity (Wildman–Crippen MR) is 140 cm³/mol. The van der Waals surface area contributed by atoms with Crippen LogP contribution in [0.5, 0.6) is 0 Å². The van der Waals surface area contributed by atoms with Gasteiger partial charge in [0.05, 0.1) is 17.6 Å². The van der Waals surface area contributed by atoms with Crippen molar-refractivity contribution in [2.24, 2.45) is 0 Å². The minimum Gasteiger partial charge on any atom is -0.383 e. The van der Waals surface area contributed by atoms with Crippen molar-refractivity contribution in [1.29, 1.82) is 0 Å². The summed E-state index contributed by atoms with van der Waals surface area (Å²) in [6.07, 6.45) is -1.72. The van der Waals surface area contributed by atoms with Crippen LogP contribution >= 0.6 is 0 Å². The molecule has 0 unspecified atom stereocenters. The lowest BCUT2D eigenvalue weighted by molar-refractivity contribution is -0.131. The maximum absolute atomic E-state index is 13.9. The Morgan fingerprint density at radius 2 is 1.82 bits per heavy atom. The van der Waals surface area contributed by atoms with Crippen molar-refractivity contribution < 1.29 is 22.4 Å². The molecule has 0 bridgehead atoms. The van der Waals surface area contributed by atoms with Crippen LogP contribution in [-0.4, -0.2) is 34.2 Å². The minimum absolute atomic E-state index is 0.111. The highest BCUT2D eigenvalue weighted by Crippen LogP contribution is 2.33. The number of imidazole rings is 1. The third kappa shape index (κ3) is 5.74. The third-order valence-electron chi connectivity index (χ3n) is 6.50. The van der Waals surface area contributed by atoms with E-state index in [0.717, 1.165) is 29.7 Å². The van der Waals surface area contributed by atoms with E-state index in [0.29, 0.717) is 33.7 Å². The van der Waals surface area contributed by atoms with Crippen molar-refractivity contribution >= 4 is 34.0 Å². The number of aromatic nitrogens is 2. The first-order chi connectivity index (χ1) is 18.1. The van der Waals surface area contributed by atoms with Gasteiger partial charge in [-0.05, 0) is 80.3 Å². The first-order valence-corrected chi connectivity index (χ1v) is 12.3. The fourth-order valence-corrected chi connectivity index (χ4v) is 4.30. The summed E-state index contributed by atoms with van der Waals surface area (Å²) in [5.41, 5.74) is 5.56. The summed E-state index contributed by atoms with van der Waals surface area (Å²) < 4.78 is 54.1. The number of fused-ring (bicyclic) bond motifs is 1. The zero-order valence-corrected chi connectivity index (χ0v) is 20.9. The molecule has 3 N–H and O–H groups in total. The quantitative estimate of drug-likeness (QED) is 0.222. The Morgan fingerprint density at radius 3 is 2.53 bits per heavy atom. The van der Waals surface area contributed by atoms with Crippen molar-refractivity contribution in [3.05, 3.63) is 77.4 Å². The molecule has 1 aromatic heterocycles. The predicted octanol–water partition coefficient (Wildman–Crippen LogP) is 6.78. The molecule has 1 heterocycles. The lowest BCUT2D eigenvalue weighted by Gasteiger charge is -2.15. The Balaban J connectivity index is 1.53. The average molecular weight is 526 g/mol. The summed E-state index contributed by atoms with van der Waals surface area (Å²) in [4.78, 5) is 17.0. The first kappa shape index (κ1) is 25.6. The molecule has 1 aliphatic rings. The monoisotopic (exact) mass is 525 g/mol. The van der Waals surface area contributed by atoms with E-state index < -0.39 is 18.4 Å². The summed E-state index contributed by atoms with van der Waals surface area (Å²) in [6.45, 7) is 3.36. The van der Waals surface area contributed by atoms with Gasteiger partial charge in [0.2, 0.25) is 0 Å². The zero-order valence-electron chi connectivity index (χ0n) is 20.9. The number of nitrogens with one attached hydrogen (secondary N) is 3. The maximum Gasteiger partial charge on any atom is 0.390 e. The molecule has 4 aromatic rings. The largest absolute Gasteiger partial charge is 0.390 e. The van der Waals surface area contributed by atoms with Gasteiger partial charge in [-0.1, -0.05) is 6.07 Å². The molecule has 5 rings (SSSR count). The minimum atomic E-state index is -4.30. The zero-order chi connectivity index (χ0) is 27.0. The lowest BCUT2D eigenvalue weighted by atomic mass is 10.1. The van der Waals surface area contributed by atoms with Crippen LogP contribution in [0, 0.1) is 19.7 Å². The van der Waals surface area contributed by atoms with Crippen molar-refractivity contribution in [1.82, 2.24) is 14.9 Å². The summed E-state index contributed by atoms with van der Waals surface area (Å²) in [5.74, 6) is -0.519. The number of alkyl halides is 3. The van der Waals surface area contributed by atoms with Gasteiger partial charge in [-0.3, -0.25) is 9.36 Å². The number of rotatable bonds is 8. The molecule has 0 atom stereocenters. The van der Waals surface area contributed by atoms with E-state index in [-0.39, 0.29) is 18.5 Å². The molecular formula is C28H27F4N5O. The van der Waals surface area contributed by atoms with E-state index in [1.807, 2.05) is 36.6 Å². The Bertz CT molecular complexity index is 1510. The number of halogens is 4. The van der Waals surface area contributed by atoms with Gasteiger partial charge in [0.1, 0.15) is 17.7 Å². The Kier molecular flexibility index (Phi) is 6.73. The molecule has 1 fully saturated rings. The number of carbonyl (C=O) groups is 1. The van der Waals surface area contributed by atoms with Crippen LogP contribution in [0.3, 0.4) is 0 Å². The van der Waals surface area contributed by atoms with Crippen molar-refractivity contribution in [3.8, 4) is 5.69 Å². The van der Waals surface area contributed by atoms with Gasteiger partial charge in [-0.15, -0.1) is 0 Å². The number of benzene rings is 3. The topological polar surface area (TPSA) is 71.0 Å². The van der Waals surface area contributed by atoms with E-state index in [4.69, 9.17) is 0 Å². The van der Waals surface area contributed by atoms with Crippen LogP contribution in [0.1, 0.15) is 40.7 Å². The molecule has 0 aliphatic heterocycles. The normalized spacial score (nSPS) is 13.5. The molecular weight excluding hydrogens is 498 g/mol. The number of hydrogen-bond acceptors (Lipinski definition) is 4. The molecule has 0 radical (unpaired) electrons. The molecule has 0 saturated heterocycles. The van der Waals surface area contributed by atoms with Gasteiger partial charge < -0.3 is 16.0 Å². The highest BCUT2D eigenvalue weighted by Gasteiger charge is 2.27. The number of carbonyl (C=O) groups excluding carboxylic acids is 1.